The van der Waals surface area contributed by atoms with Crippen molar-refractivity contribution in [1.82, 2.24) is 5.32 Å². The average molecular weight is 217 g/mol. The second-order valence-electron chi connectivity index (χ2n) is 3.79. The van der Waals surface area contributed by atoms with E-state index < -0.39 is 0 Å². The van der Waals surface area contributed by atoms with Crippen LogP contribution >= 0.6 is 0 Å². The van der Waals surface area contributed by atoms with E-state index in [0.717, 1.165) is 25.9 Å². The smallest absolute Gasteiger partial charge is 0.135 e. The van der Waals surface area contributed by atoms with E-state index >= 15 is 0 Å². The molecule has 0 aliphatic carbocycles. The molecule has 94 valence electrons. The molecule has 2 nitrogen and oxygen atoms in total. The van der Waals surface area contributed by atoms with E-state index in [0.29, 0.717) is 5.78 Å². The minimum Gasteiger partial charge on any atom is -0.317 e. The first-order valence-corrected chi connectivity index (χ1v) is 6.42. The zero-order valence-electron chi connectivity index (χ0n) is 11.2. The summed E-state index contributed by atoms with van der Waals surface area (Å²) in [6.07, 6.45) is 4.19. The summed E-state index contributed by atoms with van der Waals surface area (Å²) in [5, 5.41) is 3.27. The van der Waals surface area contributed by atoms with Crippen molar-refractivity contribution >= 4 is 5.78 Å². The van der Waals surface area contributed by atoms with Crippen molar-refractivity contribution < 1.29 is 6.22 Å². The second-order valence-corrected chi connectivity index (χ2v) is 3.79. The Morgan fingerprint density at radius 3 is 2.27 bits per heavy atom. The van der Waals surface area contributed by atoms with Crippen LogP contribution in [0.5, 0.6) is 0 Å². The van der Waals surface area contributed by atoms with Gasteiger partial charge >= 0.3 is 0 Å². The van der Waals surface area contributed by atoms with Crippen LogP contribution in [-0.2, 0) is 4.79 Å². The van der Waals surface area contributed by atoms with Crippen LogP contribution in [0.15, 0.2) is 0 Å². The molecule has 15 heavy (non-hydrogen) atoms. The van der Waals surface area contributed by atoms with Gasteiger partial charge in [0.1, 0.15) is 5.78 Å². The number of hydrogen-bond donors (Lipinski definition) is 1. The molecule has 0 aliphatic heterocycles. The van der Waals surface area contributed by atoms with Crippen molar-refractivity contribution in [2.45, 2.75) is 60.3 Å². The Morgan fingerprint density at radius 1 is 1.20 bits per heavy atom. The fourth-order valence-corrected chi connectivity index (χ4v) is 1.19. The molecule has 0 atom stereocenters. The zero-order valence-corrected chi connectivity index (χ0v) is 11.2. The highest BCUT2D eigenvalue weighted by Gasteiger charge is 2.05. The molecule has 0 saturated carbocycles. The molecule has 0 aliphatic rings. The lowest BCUT2D eigenvalue weighted by Crippen LogP contribution is -2.14. The summed E-state index contributed by atoms with van der Waals surface area (Å²) in [5.41, 5.74) is 0. The molecule has 0 aromatic carbocycles. The molecule has 0 radical (unpaired) electrons. The van der Waals surface area contributed by atoms with Crippen molar-refractivity contribution in [3.05, 3.63) is 0 Å². The average Bonchev–Trinajstić information content (AvgIpc) is 2.25. The third-order valence-electron chi connectivity index (χ3n) is 2.17. The fourth-order valence-electron chi connectivity index (χ4n) is 1.19. The maximum absolute atomic E-state index is 11.2. The molecule has 0 fully saturated rings. The summed E-state index contributed by atoms with van der Waals surface area (Å²) < 4.78 is 0. The molecule has 0 rings (SSSR count). The van der Waals surface area contributed by atoms with Crippen molar-refractivity contribution in [2.24, 2.45) is 5.92 Å². The lowest BCUT2D eigenvalue weighted by atomic mass is 10.0. The lowest BCUT2D eigenvalue weighted by molar-refractivity contribution is -0.122. The van der Waals surface area contributed by atoms with Gasteiger partial charge in [-0.1, -0.05) is 41.0 Å². The van der Waals surface area contributed by atoms with Gasteiger partial charge in [-0.15, -0.1) is 0 Å². The molecule has 0 spiro atoms. The Kier molecular flexibility index (Phi) is 15.5. The Morgan fingerprint density at radius 2 is 1.80 bits per heavy atom. The molecule has 0 amide bonds. The van der Waals surface area contributed by atoms with E-state index in [9.17, 15) is 4.79 Å². The molecule has 0 unspecified atom stereocenters. The van der Waals surface area contributed by atoms with E-state index in [1.165, 1.54) is 12.8 Å². The van der Waals surface area contributed by atoms with Crippen LogP contribution in [0.2, 0.25) is 0 Å². The first-order chi connectivity index (χ1) is 7.18. The normalized spacial score (nSPS) is 9.73. The Labute approximate surface area is 97.3 Å². The minimum absolute atomic E-state index is 0. The topological polar surface area (TPSA) is 29.1 Å². The third kappa shape index (κ3) is 13.6. The minimum atomic E-state index is 0. The SMILES string of the molecule is CC.CCNCCCCCC(=O)C(C)C.[HH]. The lowest BCUT2D eigenvalue weighted by Gasteiger charge is -2.04. The molecule has 0 heterocycles. The summed E-state index contributed by atoms with van der Waals surface area (Å²) in [4.78, 5) is 11.2. The molecule has 1 N–H and O–H groups in total. The number of carbonyl (C=O) groups excluding carboxylic acids is 1. The van der Waals surface area contributed by atoms with Gasteiger partial charge in [0, 0.05) is 13.8 Å². The van der Waals surface area contributed by atoms with Crippen LogP contribution in [-0.4, -0.2) is 18.9 Å². The van der Waals surface area contributed by atoms with Crippen molar-refractivity contribution in [1.29, 1.82) is 0 Å². The fraction of sp³-hybridized carbons (Fsp3) is 0.923. The van der Waals surface area contributed by atoms with Gasteiger partial charge in [0.2, 0.25) is 0 Å². The van der Waals surface area contributed by atoms with Crippen LogP contribution in [0, 0.1) is 5.92 Å². The van der Waals surface area contributed by atoms with Gasteiger partial charge in [0.25, 0.3) is 0 Å². The highest BCUT2D eigenvalue weighted by Crippen LogP contribution is 2.05. The largest absolute Gasteiger partial charge is 0.317 e. The van der Waals surface area contributed by atoms with Gasteiger partial charge in [-0.05, 0) is 25.9 Å². The molecule has 2 heteroatoms. The van der Waals surface area contributed by atoms with Gasteiger partial charge in [-0.2, -0.15) is 0 Å². The summed E-state index contributed by atoms with van der Waals surface area (Å²) in [6, 6.07) is 0. The van der Waals surface area contributed by atoms with Crippen LogP contribution in [0.1, 0.15) is 61.7 Å². The van der Waals surface area contributed by atoms with Crippen LogP contribution in [0.4, 0.5) is 0 Å². The maximum Gasteiger partial charge on any atom is 0.135 e. The highest BCUT2D eigenvalue weighted by molar-refractivity contribution is 5.80. The van der Waals surface area contributed by atoms with Crippen molar-refractivity contribution in [2.75, 3.05) is 13.1 Å². The summed E-state index contributed by atoms with van der Waals surface area (Å²) in [7, 11) is 0. The van der Waals surface area contributed by atoms with Crippen LogP contribution in [0.3, 0.4) is 0 Å². The van der Waals surface area contributed by atoms with Crippen LogP contribution in [0.25, 0.3) is 0 Å². The monoisotopic (exact) mass is 217 g/mol. The summed E-state index contributed by atoms with van der Waals surface area (Å²) in [5.74, 6) is 0.622. The number of unbranched alkanes of at least 4 members (excludes halogenated alkanes) is 2. The van der Waals surface area contributed by atoms with Gasteiger partial charge in [-0.25, -0.2) is 0 Å². The highest BCUT2D eigenvalue weighted by atomic mass is 16.1. The molecular weight excluding hydrogens is 186 g/mol. The Balaban J connectivity index is -0.000000529. The molecule has 0 aromatic rings. The standard InChI is InChI=1S/C11H23NO.C2H6.H2/c1-4-12-9-7-5-6-8-11(13)10(2)3;1-2;/h10,12H,4-9H2,1-3H3;1-2H3;1H. The number of carbonyl (C=O) groups is 1. The Hall–Kier alpha value is -0.370. The number of Topliss-reactive ketones (excluding diaryl/α,β-unsaturated/α-hetero) is 1. The Bertz CT molecular complexity index is 138. The van der Waals surface area contributed by atoms with E-state index in [1.807, 2.05) is 27.7 Å². The van der Waals surface area contributed by atoms with Crippen molar-refractivity contribution in [3.8, 4) is 0 Å². The van der Waals surface area contributed by atoms with Gasteiger partial charge in [-0.3, -0.25) is 4.79 Å². The molecule has 0 aromatic heterocycles. The number of nitrogens with one attached hydrogen (secondary N) is 1. The number of rotatable bonds is 8. The number of ketones is 1. The summed E-state index contributed by atoms with van der Waals surface area (Å²) in [6.45, 7) is 12.2. The van der Waals surface area contributed by atoms with E-state index in [1.54, 1.807) is 0 Å². The molecule has 0 saturated heterocycles. The predicted molar refractivity (Wildman–Crippen MR) is 70.3 cm³/mol. The first-order valence-electron chi connectivity index (χ1n) is 6.42. The molecular formula is C13H31NO. The van der Waals surface area contributed by atoms with E-state index in [-0.39, 0.29) is 7.34 Å². The van der Waals surface area contributed by atoms with E-state index in [2.05, 4.69) is 12.2 Å². The zero-order chi connectivity index (χ0) is 12.1. The van der Waals surface area contributed by atoms with Crippen molar-refractivity contribution in [3.63, 3.8) is 0 Å². The van der Waals surface area contributed by atoms with Gasteiger partial charge in [0.15, 0.2) is 0 Å². The quantitative estimate of drug-likeness (QED) is 0.629. The summed E-state index contributed by atoms with van der Waals surface area (Å²) >= 11 is 0. The number of hydrogen-bond acceptors (Lipinski definition) is 2. The second kappa shape index (κ2) is 13.6. The third-order valence-corrected chi connectivity index (χ3v) is 2.17. The van der Waals surface area contributed by atoms with E-state index in [4.69, 9.17) is 0 Å². The van der Waals surface area contributed by atoms with Crippen LogP contribution < -0.4 is 5.32 Å². The predicted octanol–water partition coefficient (Wildman–Crippen LogP) is 3.65. The maximum atomic E-state index is 11.2. The van der Waals surface area contributed by atoms with Gasteiger partial charge in [0.05, 0.1) is 0 Å². The molecule has 0 bridgehead atoms. The first kappa shape index (κ1) is 17.0. The van der Waals surface area contributed by atoms with Gasteiger partial charge < -0.3 is 5.32 Å².